The number of carboxylic acids is 1. The van der Waals surface area contributed by atoms with Crippen LogP contribution >= 0.6 is 22.9 Å². The predicted octanol–water partition coefficient (Wildman–Crippen LogP) is 3.68. The van der Waals surface area contributed by atoms with Crippen molar-refractivity contribution < 1.29 is 19.4 Å². The highest BCUT2D eigenvalue weighted by molar-refractivity contribution is 7.14. The Morgan fingerprint density at radius 2 is 2.10 bits per heavy atom. The Kier molecular flexibility index (Phi) is 4.82. The average molecular weight is 326 g/mol. The van der Waals surface area contributed by atoms with Gasteiger partial charge in [0, 0.05) is 0 Å². The highest BCUT2D eigenvalue weighted by Crippen LogP contribution is 2.36. The Balaban J connectivity index is 2.28. The summed E-state index contributed by atoms with van der Waals surface area (Å²) in [5, 5.41) is 9.87. The molecule has 0 aliphatic heterocycles. The van der Waals surface area contributed by atoms with Crippen LogP contribution in [0.4, 0.5) is 0 Å². The Bertz CT molecular complexity index is 696. The molecule has 2 rings (SSSR count). The summed E-state index contributed by atoms with van der Waals surface area (Å²) in [6, 6.07) is 3.50. The molecule has 0 bridgehead atoms. The van der Waals surface area contributed by atoms with Gasteiger partial charge in [-0.05, 0) is 23.8 Å². The molecule has 7 heteroatoms. The number of halogens is 1. The van der Waals surface area contributed by atoms with Gasteiger partial charge in [0.15, 0.2) is 11.5 Å². The summed E-state index contributed by atoms with van der Waals surface area (Å²) >= 11 is 7.21. The molecule has 1 aromatic carbocycles. The standard InChI is InChI=1S/C14H12ClNO4S/c1-19-10-6-8(5-9(15)13(10)20-2)3-4-12-16-7-11(21-12)14(17)18/h3-7H,1-2H3,(H,17,18). The predicted molar refractivity (Wildman–Crippen MR) is 82.6 cm³/mol. The third-order valence-corrected chi connectivity index (χ3v) is 3.84. The summed E-state index contributed by atoms with van der Waals surface area (Å²) in [7, 11) is 3.05. The molecule has 0 atom stereocenters. The zero-order chi connectivity index (χ0) is 15.4. The minimum Gasteiger partial charge on any atom is -0.493 e. The lowest BCUT2D eigenvalue weighted by atomic mass is 10.2. The molecule has 1 N–H and O–H groups in total. The largest absolute Gasteiger partial charge is 0.493 e. The van der Waals surface area contributed by atoms with Gasteiger partial charge in [0.05, 0.1) is 25.4 Å². The van der Waals surface area contributed by atoms with Gasteiger partial charge in [0.25, 0.3) is 0 Å². The van der Waals surface area contributed by atoms with E-state index in [9.17, 15) is 4.79 Å². The van der Waals surface area contributed by atoms with E-state index in [1.165, 1.54) is 20.4 Å². The van der Waals surface area contributed by atoms with Crippen molar-refractivity contribution in [2.24, 2.45) is 0 Å². The van der Waals surface area contributed by atoms with Crippen molar-refractivity contribution in [2.75, 3.05) is 14.2 Å². The van der Waals surface area contributed by atoms with Crippen molar-refractivity contribution in [3.63, 3.8) is 0 Å². The highest BCUT2D eigenvalue weighted by Gasteiger charge is 2.10. The van der Waals surface area contributed by atoms with Gasteiger partial charge in [0.2, 0.25) is 0 Å². The fourth-order valence-corrected chi connectivity index (χ4v) is 2.62. The van der Waals surface area contributed by atoms with Crippen molar-refractivity contribution in [2.45, 2.75) is 0 Å². The molecule has 0 spiro atoms. The molecule has 0 saturated carbocycles. The number of benzene rings is 1. The summed E-state index contributed by atoms with van der Waals surface area (Å²) in [6.45, 7) is 0. The number of hydrogen-bond donors (Lipinski definition) is 1. The molecule has 0 radical (unpaired) electrons. The normalized spacial score (nSPS) is 10.8. The van der Waals surface area contributed by atoms with E-state index >= 15 is 0 Å². The summed E-state index contributed by atoms with van der Waals surface area (Å²) in [5.41, 5.74) is 0.796. The number of methoxy groups -OCH3 is 2. The molecular weight excluding hydrogens is 314 g/mol. The van der Waals surface area contributed by atoms with Crippen molar-refractivity contribution in [3.8, 4) is 11.5 Å². The third-order valence-electron chi connectivity index (χ3n) is 2.61. The molecular formula is C14H12ClNO4S. The SMILES string of the molecule is COc1cc(C=Cc2ncc(C(=O)O)s2)cc(Cl)c1OC. The van der Waals surface area contributed by atoms with Gasteiger partial charge in [-0.25, -0.2) is 9.78 Å². The number of aromatic carboxylic acids is 1. The zero-order valence-electron chi connectivity index (χ0n) is 11.3. The molecule has 110 valence electrons. The first kappa shape index (κ1) is 15.3. The number of carbonyl (C=O) groups is 1. The Labute approximate surface area is 130 Å². The summed E-state index contributed by atoms with van der Waals surface area (Å²) < 4.78 is 10.4. The van der Waals surface area contributed by atoms with E-state index in [0.29, 0.717) is 21.5 Å². The molecule has 0 fully saturated rings. The number of ether oxygens (including phenoxy) is 2. The quantitative estimate of drug-likeness (QED) is 0.908. The average Bonchev–Trinajstić information content (AvgIpc) is 2.93. The highest BCUT2D eigenvalue weighted by atomic mass is 35.5. The van der Waals surface area contributed by atoms with Crippen molar-refractivity contribution in [1.29, 1.82) is 0 Å². The Morgan fingerprint density at radius 1 is 1.33 bits per heavy atom. The van der Waals surface area contributed by atoms with Gasteiger partial charge >= 0.3 is 5.97 Å². The molecule has 1 aromatic heterocycles. The lowest BCUT2D eigenvalue weighted by Gasteiger charge is -2.10. The molecule has 0 aliphatic carbocycles. The Morgan fingerprint density at radius 3 is 2.67 bits per heavy atom. The molecule has 2 aromatic rings. The van der Waals surface area contributed by atoms with Crippen LogP contribution in [-0.4, -0.2) is 30.3 Å². The zero-order valence-corrected chi connectivity index (χ0v) is 12.9. The van der Waals surface area contributed by atoms with E-state index in [1.54, 1.807) is 24.3 Å². The fraction of sp³-hybridized carbons (Fsp3) is 0.143. The molecule has 0 amide bonds. The summed E-state index contributed by atoms with van der Waals surface area (Å²) in [5.74, 6) is 0.00931. The lowest BCUT2D eigenvalue weighted by Crippen LogP contribution is -1.92. The summed E-state index contributed by atoms with van der Waals surface area (Å²) in [6.07, 6.45) is 4.82. The molecule has 0 aliphatic rings. The number of aromatic nitrogens is 1. The van der Waals surface area contributed by atoms with Gasteiger partial charge in [-0.3, -0.25) is 0 Å². The van der Waals surface area contributed by atoms with E-state index in [-0.39, 0.29) is 4.88 Å². The molecule has 0 saturated heterocycles. The van der Waals surface area contributed by atoms with Crippen LogP contribution in [0, 0.1) is 0 Å². The first-order valence-corrected chi connectivity index (χ1v) is 7.03. The van der Waals surface area contributed by atoms with Crippen LogP contribution in [0.1, 0.15) is 20.2 Å². The van der Waals surface area contributed by atoms with Crippen molar-refractivity contribution in [3.05, 3.63) is 38.8 Å². The Hall–Kier alpha value is -2.05. The fourth-order valence-electron chi connectivity index (χ4n) is 1.67. The number of rotatable bonds is 5. The molecule has 5 nitrogen and oxygen atoms in total. The van der Waals surface area contributed by atoms with Gasteiger partial charge in [-0.1, -0.05) is 17.7 Å². The third kappa shape index (κ3) is 3.53. The van der Waals surface area contributed by atoms with Crippen molar-refractivity contribution >= 4 is 41.1 Å². The van der Waals surface area contributed by atoms with Gasteiger partial charge < -0.3 is 14.6 Å². The number of hydrogen-bond acceptors (Lipinski definition) is 5. The van der Waals surface area contributed by atoms with E-state index in [1.807, 2.05) is 0 Å². The lowest BCUT2D eigenvalue weighted by molar-refractivity contribution is 0.0702. The number of carboxylic acid groups (broad SMARTS) is 1. The number of thiazole rings is 1. The van der Waals surface area contributed by atoms with E-state index in [4.69, 9.17) is 26.2 Å². The van der Waals surface area contributed by atoms with Crippen LogP contribution in [0.25, 0.3) is 12.2 Å². The van der Waals surface area contributed by atoms with Crippen LogP contribution in [0.2, 0.25) is 5.02 Å². The van der Waals surface area contributed by atoms with Gasteiger partial charge in [-0.2, -0.15) is 0 Å². The van der Waals surface area contributed by atoms with E-state index < -0.39 is 5.97 Å². The maximum absolute atomic E-state index is 10.8. The summed E-state index contributed by atoms with van der Waals surface area (Å²) in [4.78, 5) is 15.0. The molecule has 21 heavy (non-hydrogen) atoms. The second-order valence-electron chi connectivity index (χ2n) is 3.94. The second-order valence-corrected chi connectivity index (χ2v) is 5.41. The van der Waals surface area contributed by atoms with Crippen LogP contribution in [0.5, 0.6) is 11.5 Å². The number of nitrogens with zero attached hydrogens (tertiary/aromatic N) is 1. The topological polar surface area (TPSA) is 68.7 Å². The van der Waals surface area contributed by atoms with Gasteiger partial charge in [0.1, 0.15) is 9.88 Å². The minimum absolute atomic E-state index is 0.194. The van der Waals surface area contributed by atoms with Crippen molar-refractivity contribution in [1.82, 2.24) is 4.98 Å². The monoisotopic (exact) mass is 325 g/mol. The van der Waals surface area contributed by atoms with Crippen LogP contribution in [0.3, 0.4) is 0 Å². The second kappa shape index (κ2) is 6.60. The first-order valence-electron chi connectivity index (χ1n) is 5.84. The van der Waals surface area contributed by atoms with Crippen LogP contribution in [0.15, 0.2) is 18.3 Å². The molecule has 0 unspecified atom stereocenters. The van der Waals surface area contributed by atoms with Gasteiger partial charge in [-0.15, -0.1) is 11.3 Å². The minimum atomic E-state index is -0.985. The maximum atomic E-state index is 10.8. The van der Waals surface area contributed by atoms with E-state index in [2.05, 4.69) is 4.98 Å². The van der Waals surface area contributed by atoms with E-state index in [0.717, 1.165) is 16.9 Å². The van der Waals surface area contributed by atoms with Crippen LogP contribution < -0.4 is 9.47 Å². The first-order chi connectivity index (χ1) is 10.0. The smallest absolute Gasteiger partial charge is 0.347 e. The van der Waals surface area contributed by atoms with Crippen LogP contribution in [-0.2, 0) is 0 Å². The molecule has 1 heterocycles. The maximum Gasteiger partial charge on any atom is 0.347 e.